The molecule has 3 aromatic rings. The van der Waals surface area contributed by atoms with Crippen LogP contribution in [0.1, 0.15) is 50.2 Å². The Kier molecular flexibility index (Phi) is 7.15. The number of anilines is 2. The second-order valence-electron chi connectivity index (χ2n) is 9.69. The average molecular weight is 477 g/mol. The Labute approximate surface area is 205 Å². The van der Waals surface area contributed by atoms with Crippen LogP contribution in [0.3, 0.4) is 0 Å². The number of alkyl halides is 1. The number of rotatable bonds is 9. The van der Waals surface area contributed by atoms with E-state index in [4.69, 9.17) is 4.98 Å². The van der Waals surface area contributed by atoms with Crippen LogP contribution in [-0.4, -0.2) is 69.0 Å². The quantitative estimate of drug-likeness (QED) is 0.474. The monoisotopic (exact) mass is 476 g/mol. The fourth-order valence-electron chi connectivity index (χ4n) is 4.54. The zero-order chi connectivity index (χ0) is 24.2. The van der Waals surface area contributed by atoms with Crippen LogP contribution in [0.4, 0.5) is 16.0 Å². The lowest BCUT2D eigenvalue weighted by Crippen LogP contribution is -2.35. The number of nitrogens with zero attached hydrogens (tertiary/aromatic N) is 6. The van der Waals surface area contributed by atoms with E-state index in [1.807, 2.05) is 41.7 Å². The molecule has 0 amide bonds. The first-order valence-electron chi connectivity index (χ1n) is 12.5. The van der Waals surface area contributed by atoms with Gasteiger partial charge in [-0.3, -0.25) is 4.98 Å². The first-order valence-corrected chi connectivity index (χ1v) is 12.5. The molecule has 0 saturated carbocycles. The number of fused-ring (bicyclic) bond motifs is 1. The lowest BCUT2D eigenvalue weighted by Gasteiger charge is -2.20. The maximum atomic E-state index is 14.6. The highest BCUT2D eigenvalue weighted by molar-refractivity contribution is 5.81. The Hall–Kier alpha value is -3.17. The first kappa shape index (κ1) is 23.6. The number of hydrogen-bond donors (Lipinski definition) is 2. The lowest BCUT2D eigenvalue weighted by molar-refractivity contribution is 0.182. The van der Waals surface area contributed by atoms with Crippen LogP contribution in [0.25, 0.3) is 16.6 Å². The third kappa shape index (κ3) is 5.91. The summed E-state index contributed by atoms with van der Waals surface area (Å²) >= 11 is 0. The standard InChI is InChI=1S/C26H33FN8/c1-18(2)19-12-26(33-29-14-19)32-25-6-5-23-24(31-25)11-20(13-28-23)21-15-30-35(16-21)17-22(27)7-10-34-8-3-4-9-34/h5-6,11-14,16,18,22,30H,3-4,7-10,15,17H2,1-2H3,(H,31,32,33). The van der Waals surface area contributed by atoms with Gasteiger partial charge in [0.2, 0.25) is 0 Å². The smallest absolute Gasteiger partial charge is 0.154 e. The van der Waals surface area contributed by atoms with Gasteiger partial charge in [0.25, 0.3) is 0 Å². The van der Waals surface area contributed by atoms with Crippen LogP contribution in [-0.2, 0) is 0 Å². The summed E-state index contributed by atoms with van der Waals surface area (Å²) in [5.41, 5.74) is 8.05. The minimum atomic E-state index is -0.860. The van der Waals surface area contributed by atoms with E-state index in [1.54, 1.807) is 6.20 Å². The average Bonchev–Trinajstić information content (AvgIpc) is 3.55. The minimum Gasteiger partial charge on any atom is -0.323 e. The molecule has 1 atom stereocenters. The number of aromatic nitrogens is 4. The van der Waals surface area contributed by atoms with E-state index in [-0.39, 0.29) is 0 Å². The van der Waals surface area contributed by atoms with Gasteiger partial charge in [0.05, 0.1) is 23.8 Å². The van der Waals surface area contributed by atoms with E-state index in [0.717, 1.165) is 47.4 Å². The summed E-state index contributed by atoms with van der Waals surface area (Å²) in [6.07, 6.45) is 7.81. The molecule has 1 unspecified atom stereocenters. The molecule has 2 aliphatic rings. The molecule has 0 aliphatic carbocycles. The highest BCUT2D eigenvalue weighted by Gasteiger charge is 2.20. The van der Waals surface area contributed by atoms with Crippen LogP contribution in [0.15, 0.2) is 42.9 Å². The van der Waals surface area contributed by atoms with Gasteiger partial charge in [0.1, 0.15) is 12.0 Å². The summed E-state index contributed by atoms with van der Waals surface area (Å²) in [5.74, 6) is 1.72. The minimum absolute atomic E-state index is 0.348. The summed E-state index contributed by atoms with van der Waals surface area (Å²) < 4.78 is 14.6. The number of halogens is 1. The number of hydrazine groups is 1. The highest BCUT2D eigenvalue weighted by atomic mass is 19.1. The van der Waals surface area contributed by atoms with Crippen molar-refractivity contribution in [1.29, 1.82) is 0 Å². The molecule has 3 aromatic heterocycles. The van der Waals surface area contributed by atoms with Gasteiger partial charge in [-0.05, 0) is 73.7 Å². The van der Waals surface area contributed by atoms with Crippen LogP contribution in [0.5, 0.6) is 0 Å². The van der Waals surface area contributed by atoms with Crippen molar-refractivity contribution in [2.75, 3.05) is 38.0 Å². The highest BCUT2D eigenvalue weighted by Crippen LogP contribution is 2.24. The van der Waals surface area contributed by atoms with Gasteiger partial charge in [0, 0.05) is 31.0 Å². The Balaban J connectivity index is 1.25. The van der Waals surface area contributed by atoms with E-state index < -0.39 is 6.17 Å². The van der Waals surface area contributed by atoms with Crippen molar-refractivity contribution in [2.24, 2.45) is 0 Å². The van der Waals surface area contributed by atoms with Crippen molar-refractivity contribution in [3.63, 3.8) is 0 Å². The van der Waals surface area contributed by atoms with Crippen LogP contribution in [0, 0.1) is 0 Å². The lowest BCUT2D eigenvalue weighted by atomic mass is 10.1. The number of pyridine rings is 2. The van der Waals surface area contributed by atoms with Crippen molar-refractivity contribution in [2.45, 2.75) is 45.2 Å². The summed E-state index contributed by atoms with van der Waals surface area (Å²) in [4.78, 5) is 11.7. The molecule has 0 bridgehead atoms. The molecular weight excluding hydrogens is 443 g/mol. The van der Waals surface area contributed by atoms with Crippen LogP contribution >= 0.6 is 0 Å². The number of likely N-dealkylation sites (tertiary alicyclic amines) is 1. The van der Waals surface area contributed by atoms with Gasteiger partial charge in [-0.1, -0.05) is 13.8 Å². The van der Waals surface area contributed by atoms with Crippen molar-refractivity contribution in [3.05, 3.63) is 54.0 Å². The zero-order valence-corrected chi connectivity index (χ0v) is 20.4. The maximum Gasteiger partial charge on any atom is 0.154 e. The molecule has 1 fully saturated rings. The summed E-state index contributed by atoms with van der Waals surface area (Å²) in [6.45, 7) is 8.29. The molecule has 2 aliphatic heterocycles. The summed E-state index contributed by atoms with van der Waals surface area (Å²) in [7, 11) is 0. The SMILES string of the molecule is CC(C)c1cnnc(Nc2ccc3ncc(C4=CN(CC(F)CCN5CCCC5)NC4)cc3n2)c1. The summed E-state index contributed by atoms with van der Waals surface area (Å²) in [6, 6.07) is 7.85. The third-order valence-electron chi connectivity index (χ3n) is 6.64. The second-order valence-corrected chi connectivity index (χ2v) is 9.69. The fourth-order valence-corrected chi connectivity index (χ4v) is 4.54. The zero-order valence-electron chi connectivity index (χ0n) is 20.4. The Morgan fingerprint density at radius 3 is 2.77 bits per heavy atom. The Bertz CT molecular complexity index is 1190. The normalized spacial score (nSPS) is 17.4. The predicted octanol–water partition coefficient (Wildman–Crippen LogP) is 4.27. The van der Waals surface area contributed by atoms with Crippen molar-refractivity contribution in [3.8, 4) is 0 Å². The van der Waals surface area contributed by atoms with E-state index in [2.05, 4.69) is 44.7 Å². The van der Waals surface area contributed by atoms with Gasteiger partial charge >= 0.3 is 0 Å². The van der Waals surface area contributed by atoms with Gasteiger partial charge < -0.3 is 15.2 Å². The molecule has 5 rings (SSSR count). The Morgan fingerprint density at radius 2 is 1.94 bits per heavy atom. The molecule has 184 valence electrons. The third-order valence-corrected chi connectivity index (χ3v) is 6.64. The van der Waals surface area contributed by atoms with Crippen molar-refractivity contribution >= 4 is 28.2 Å². The fraction of sp³-hybridized carbons (Fsp3) is 0.462. The van der Waals surface area contributed by atoms with Gasteiger partial charge in [0.15, 0.2) is 5.82 Å². The molecule has 5 heterocycles. The van der Waals surface area contributed by atoms with Crippen molar-refractivity contribution in [1.82, 2.24) is 35.5 Å². The maximum absolute atomic E-state index is 14.6. The van der Waals surface area contributed by atoms with E-state index in [9.17, 15) is 4.39 Å². The molecule has 8 nitrogen and oxygen atoms in total. The van der Waals surface area contributed by atoms with E-state index in [1.165, 1.54) is 12.8 Å². The molecule has 9 heteroatoms. The molecule has 35 heavy (non-hydrogen) atoms. The predicted molar refractivity (Wildman–Crippen MR) is 137 cm³/mol. The molecule has 0 radical (unpaired) electrons. The number of nitrogens with one attached hydrogen (secondary N) is 2. The molecule has 0 spiro atoms. The second kappa shape index (κ2) is 10.6. The topological polar surface area (TPSA) is 82.1 Å². The van der Waals surface area contributed by atoms with Crippen molar-refractivity contribution < 1.29 is 4.39 Å². The van der Waals surface area contributed by atoms with Gasteiger partial charge in [-0.25, -0.2) is 14.8 Å². The van der Waals surface area contributed by atoms with Gasteiger partial charge in [-0.15, -0.1) is 5.10 Å². The molecule has 2 N–H and O–H groups in total. The Morgan fingerprint density at radius 1 is 1.09 bits per heavy atom. The van der Waals surface area contributed by atoms with Gasteiger partial charge in [-0.2, -0.15) is 5.10 Å². The van der Waals surface area contributed by atoms with E-state index in [0.29, 0.717) is 37.1 Å². The van der Waals surface area contributed by atoms with Crippen LogP contribution < -0.4 is 10.7 Å². The molecule has 1 saturated heterocycles. The molecule has 0 aromatic carbocycles. The van der Waals surface area contributed by atoms with E-state index >= 15 is 0 Å². The van der Waals surface area contributed by atoms with Crippen LogP contribution in [0.2, 0.25) is 0 Å². The summed E-state index contributed by atoms with van der Waals surface area (Å²) in [5, 5.41) is 13.4. The number of hydrogen-bond acceptors (Lipinski definition) is 8. The molecular formula is C26H33FN8. The largest absolute Gasteiger partial charge is 0.323 e. The first-order chi connectivity index (χ1) is 17.0.